The summed E-state index contributed by atoms with van der Waals surface area (Å²) in [5.74, 6) is 2.54. The van der Waals surface area contributed by atoms with Crippen LogP contribution in [0.2, 0.25) is 0 Å². The molecule has 1 fully saturated rings. The van der Waals surface area contributed by atoms with Gasteiger partial charge in [0.25, 0.3) is 0 Å². The summed E-state index contributed by atoms with van der Waals surface area (Å²) in [5, 5.41) is 8.90. The number of hydrogen-bond donors (Lipinski definition) is 2. The highest BCUT2D eigenvalue weighted by Crippen LogP contribution is 2.36. The number of urea groups is 1. The number of aliphatic hydroxyl groups excluding tert-OH is 1. The van der Waals surface area contributed by atoms with Crippen LogP contribution in [0.25, 0.3) is 0 Å². The van der Waals surface area contributed by atoms with Gasteiger partial charge in [0.05, 0.1) is 12.0 Å². The van der Waals surface area contributed by atoms with Crippen molar-refractivity contribution in [2.24, 2.45) is 10.7 Å². The number of anilines is 1. The van der Waals surface area contributed by atoms with E-state index in [0.717, 1.165) is 12.1 Å². The van der Waals surface area contributed by atoms with Crippen LogP contribution in [0.15, 0.2) is 59.2 Å². The molecule has 0 saturated carbocycles. The van der Waals surface area contributed by atoms with Gasteiger partial charge in [-0.05, 0) is 37.6 Å². The van der Waals surface area contributed by atoms with Crippen molar-refractivity contribution in [1.82, 2.24) is 4.90 Å². The first-order valence-corrected chi connectivity index (χ1v) is 10.9. The maximum Gasteiger partial charge on any atom is 0.332 e. The van der Waals surface area contributed by atoms with Gasteiger partial charge in [-0.25, -0.2) is 18.5 Å². The van der Waals surface area contributed by atoms with Gasteiger partial charge in [0.1, 0.15) is 5.69 Å². The van der Waals surface area contributed by atoms with E-state index in [0.29, 0.717) is 29.0 Å². The number of halogens is 2. The first kappa shape index (κ1) is 25.6. The molecule has 1 saturated heterocycles. The van der Waals surface area contributed by atoms with Crippen LogP contribution in [-0.2, 0) is 4.79 Å². The van der Waals surface area contributed by atoms with Crippen molar-refractivity contribution in [3.8, 4) is 11.8 Å². The molecule has 1 atom stereocenters. The molecule has 3 N–H and O–H groups in total. The van der Waals surface area contributed by atoms with Gasteiger partial charge in [0.2, 0.25) is 5.91 Å². The van der Waals surface area contributed by atoms with Gasteiger partial charge in [-0.1, -0.05) is 30.0 Å². The Morgan fingerprint density at radius 3 is 2.40 bits per heavy atom. The second-order valence-electron chi connectivity index (χ2n) is 8.16. The van der Waals surface area contributed by atoms with E-state index in [1.165, 1.54) is 24.4 Å². The lowest BCUT2D eigenvalue weighted by Crippen LogP contribution is -2.62. The van der Waals surface area contributed by atoms with Crippen LogP contribution >= 0.6 is 0 Å². The number of nitrogens with two attached hydrogens (primary N) is 1. The maximum absolute atomic E-state index is 15.0. The van der Waals surface area contributed by atoms with Crippen molar-refractivity contribution in [1.29, 1.82) is 0 Å². The Bertz CT molecular complexity index is 1210. The summed E-state index contributed by atoms with van der Waals surface area (Å²) in [4.78, 5) is 32.1. The van der Waals surface area contributed by atoms with E-state index in [2.05, 4.69) is 16.8 Å². The Labute approximate surface area is 202 Å². The Kier molecular flexibility index (Phi) is 7.99. The van der Waals surface area contributed by atoms with Crippen molar-refractivity contribution in [3.63, 3.8) is 0 Å². The maximum atomic E-state index is 15.0. The van der Waals surface area contributed by atoms with Crippen LogP contribution in [-0.4, -0.2) is 53.9 Å². The number of benzene rings is 2. The Morgan fingerprint density at radius 1 is 1.17 bits per heavy atom. The fraction of sp³-hybridized carbons (Fsp3) is 0.269. The SMILES string of the molecule is CN1C(=O)N(c2c(F)cc(C#Cc3ccccc3)cc2F)C(=O)C[C@@]1(C)C(C=NCCCO)=CN. The summed E-state index contributed by atoms with van der Waals surface area (Å²) in [5.41, 5.74) is 4.92. The van der Waals surface area contributed by atoms with E-state index < -0.39 is 34.8 Å². The number of rotatable bonds is 6. The fourth-order valence-electron chi connectivity index (χ4n) is 3.68. The van der Waals surface area contributed by atoms with Crippen LogP contribution < -0.4 is 10.6 Å². The second-order valence-corrected chi connectivity index (χ2v) is 8.16. The molecular formula is C26H26F2N4O3. The molecule has 182 valence electrons. The largest absolute Gasteiger partial charge is 0.404 e. The predicted molar refractivity (Wildman–Crippen MR) is 130 cm³/mol. The zero-order chi connectivity index (χ0) is 25.6. The molecule has 1 aliphatic rings. The van der Waals surface area contributed by atoms with Gasteiger partial charge in [-0.3, -0.25) is 9.79 Å². The monoisotopic (exact) mass is 480 g/mol. The molecule has 0 radical (unpaired) electrons. The third-order valence-corrected chi connectivity index (χ3v) is 5.81. The molecule has 0 aromatic heterocycles. The molecule has 1 aliphatic heterocycles. The first-order chi connectivity index (χ1) is 16.7. The zero-order valence-electron chi connectivity index (χ0n) is 19.5. The Hall–Kier alpha value is -4.03. The molecule has 1 heterocycles. The molecular weight excluding hydrogens is 454 g/mol. The third-order valence-electron chi connectivity index (χ3n) is 5.81. The number of likely N-dealkylation sites (N-methyl/N-ethyl adjacent to an activating group) is 1. The molecule has 0 unspecified atom stereocenters. The summed E-state index contributed by atoms with van der Waals surface area (Å²) in [6.07, 6.45) is 2.83. The van der Waals surface area contributed by atoms with Gasteiger partial charge in [-0.15, -0.1) is 0 Å². The number of imide groups is 1. The fourth-order valence-corrected chi connectivity index (χ4v) is 3.68. The minimum absolute atomic E-state index is 0.0319. The molecule has 0 aliphatic carbocycles. The van der Waals surface area contributed by atoms with E-state index in [9.17, 15) is 9.59 Å². The predicted octanol–water partition coefficient (Wildman–Crippen LogP) is 3.21. The van der Waals surface area contributed by atoms with Crippen LogP contribution in [0.5, 0.6) is 0 Å². The standard InChI is InChI=1S/C26H26F2N4O3/c1-26(20(16-29)17-30-11-6-12-33)15-23(34)32(25(35)31(26)2)24-21(27)13-19(14-22(24)28)10-9-18-7-4-3-5-8-18/h3-5,7-8,13-14,16-17,33H,6,11-12,15,29H2,1-2H3/t26-/m0/s1. The summed E-state index contributed by atoms with van der Waals surface area (Å²) >= 11 is 0. The quantitative estimate of drug-likeness (QED) is 0.377. The number of amides is 3. The smallest absolute Gasteiger partial charge is 0.332 e. The van der Waals surface area contributed by atoms with Crippen molar-refractivity contribution >= 4 is 23.8 Å². The normalized spacial score (nSPS) is 18.7. The van der Waals surface area contributed by atoms with E-state index in [1.807, 2.05) is 6.07 Å². The average molecular weight is 481 g/mol. The van der Waals surface area contributed by atoms with Crippen LogP contribution in [0.3, 0.4) is 0 Å². The lowest BCUT2D eigenvalue weighted by atomic mass is 9.85. The number of carbonyl (C=O) groups excluding carboxylic acids is 2. The van der Waals surface area contributed by atoms with Gasteiger partial charge in [0.15, 0.2) is 11.6 Å². The molecule has 0 spiro atoms. The topological polar surface area (TPSA) is 99.2 Å². The van der Waals surface area contributed by atoms with Gasteiger partial charge >= 0.3 is 6.03 Å². The molecule has 9 heteroatoms. The lowest BCUT2D eigenvalue weighted by Gasteiger charge is -2.46. The summed E-state index contributed by atoms with van der Waals surface area (Å²) in [6.45, 7) is 1.92. The number of aliphatic hydroxyl groups is 1. The van der Waals surface area contributed by atoms with Crippen molar-refractivity contribution < 1.29 is 23.5 Å². The van der Waals surface area contributed by atoms with E-state index in [1.54, 1.807) is 31.2 Å². The zero-order valence-corrected chi connectivity index (χ0v) is 19.5. The number of hydrogen-bond acceptors (Lipinski definition) is 5. The van der Waals surface area contributed by atoms with E-state index in [4.69, 9.17) is 10.8 Å². The van der Waals surface area contributed by atoms with Crippen LogP contribution in [0, 0.1) is 23.5 Å². The van der Waals surface area contributed by atoms with Gasteiger partial charge in [0, 0.05) is 49.3 Å². The summed E-state index contributed by atoms with van der Waals surface area (Å²) < 4.78 is 30.0. The Balaban J connectivity index is 1.91. The first-order valence-electron chi connectivity index (χ1n) is 10.9. The van der Waals surface area contributed by atoms with E-state index in [-0.39, 0.29) is 18.6 Å². The minimum atomic E-state index is -1.18. The molecule has 3 rings (SSSR count). The lowest BCUT2D eigenvalue weighted by molar-refractivity contribution is -0.121. The molecule has 0 bridgehead atoms. The van der Waals surface area contributed by atoms with Crippen molar-refractivity contribution in [2.45, 2.75) is 25.3 Å². The van der Waals surface area contributed by atoms with Gasteiger partial charge in [-0.2, -0.15) is 0 Å². The van der Waals surface area contributed by atoms with Gasteiger partial charge < -0.3 is 15.7 Å². The molecule has 3 amide bonds. The molecule has 2 aromatic rings. The summed E-state index contributed by atoms with van der Waals surface area (Å²) in [6, 6.07) is 9.98. The van der Waals surface area contributed by atoms with Crippen LogP contribution in [0.4, 0.5) is 19.3 Å². The highest BCUT2D eigenvalue weighted by Gasteiger charge is 2.48. The number of nitrogens with zero attached hydrogens (tertiary/aromatic N) is 3. The number of aliphatic imine (C=N–C) groups is 1. The average Bonchev–Trinajstić information content (AvgIpc) is 2.83. The van der Waals surface area contributed by atoms with Crippen molar-refractivity contribution in [2.75, 3.05) is 25.1 Å². The van der Waals surface area contributed by atoms with Crippen LogP contribution in [0.1, 0.15) is 30.9 Å². The molecule has 35 heavy (non-hydrogen) atoms. The third kappa shape index (κ3) is 5.39. The van der Waals surface area contributed by atoms with E-state index >= 15 is 8.78 Å². The number of carbonyl (C=O) groups is 2. The highest BCUT2D eigenvalue weighted by molar-refractivity contribution is 6.17. The van der Waals surface area contributed by atoms with Crippen molar-refractivity contribution in [3.05, 3.63) is 77.0 Å². The minimum Gasteiger partial charge on any atom is -0.404 e. The molecule has 2 aromatic carbocycles. The Morgan fingerprint density at radius 2 is 1.80 bits per heavy atom. The second kappa shape index (κ2) is 10.9. The molecule has 7 nitrogen and oxygen atoms in total. The summed E-state index contributed by atoms with van der Waals surface area (Å²) in [7, 11) is 1.42. The highest BCUT2D eigenvalue weighted by atomic mass is 19.1.